The first kappa shape index (κ1) is 15.2. The fraction of sp³-hybridized carbons (Fsp3) is 0.286. The van der Waals surface area contributed by atoms with Crippen molar-refractivity contribution in [2.75, 3.05) is 0 Å². The molecule has 0 amide bonds. The highest BCUT2D eigenvalue weighted by Gasteiger charge is 2.34. The van der Waals surface area contributed by atoms with E-state index in [1.165, 1.54) is 10.7 Å². The predicted molar refractivity (Wildman–Crippen MR) is 67.5 cm³/mol. The SMILES string of the molecule is CCn1nc(C)cc1C(=O)c1ccc(C(F)(F)F)c(F)c1. The molecule has 0 saturated carbocycles. The van der Waals surface area contributed by atoms with Gasteiger partial charge in [-0.05, 0) is 32.0 Å². The Morgan fingerprint density at radius 1 is 1.29 bits per heavy atom. The molecule has 2 aromatic rings. The molecule has 0 N–H and O–H groups in total. The van der Waals surface area contributed by atoms with E-state index in [1.807, 2.05) is 0 Å². The number of rotatable bonds is 3. The molecule has 2 rings (SSSR count). The Bertz CT molecular complexity index is 689. The zero-order chi connectivity index (χ0) is 15.8. The normalized spacial score (nSPS) is 11.7. The van der Waals surface area contributed by atoms with Crippen LogP contribution in [0.25, 0.3) is 0 Å². The molecule has 0 fully saturated rings. The third kappa shape index (κ3) is 2.96. The summed E-state index contributed by atoms with van der Waals surface area (Å²) < 4.78 is 52.4. The van der Waals surface area contributed by atoms with Crippen molar-refractivity contribution >= 4 is 5.78 Å². The number of aryl methyl sites for hydroxylation is 2. The van der Waals surface area contributed by atoms with Crippen LogP contribution in [0.3, 0.4) is 0 Å². The van der Waals surface area contributed by atoms with Crippen LogP contribution < -0.4 is 0 Å². The lowest BCUT2D eigenvalue weighted by molar-refractivity contribution is -0.140. The summed E-state index contributed by atoms with van der Waals surface area (Å²) >= 11 is 0. The number of ketones is 1. The van der Waals surface area contributed by atoms with Crippen molar-refractivity contribution in [2.45, 2.75) is 26.6 Å². The summed E-state index contributed by atoms with van der Waals surface area (Å²) in [4.78, 5) is 12.2. The maximum atomic E-state index is 13.5. The number of benzene rings is 1. The minimum absolute atomic E-state index is 0.143. The third-order valence-corrected chi connectivity index (χ3v) is 2.97. The van der Waals surface area contributed by atoms with Gasteiger partial charge < -0.3 is 0 Å². The van der Waals surface area contributed by atoms with Crippen LogP contribution in [-0.4, -0.2) is 15.6 Å². The van der Waals surface area contributed by atoms with Gasteiger partial charge in [0.2, 0.25) is 5.78 Å². The van der Waals surface area contributed by atoms with E-state index in [0.717, 1.165) is 6.07 Å². The van der Waals surface area contributed by atoms with E-state index in [4.69, 9.17) is 0 Å². The van der Waals surface area contributed by atoms with Gasteiger partial charge in [0, 0.05) is 12.1 Å². The average Bonchev–Trinajstić information content (AvgIpc) is 2.77. The lowest BCUT2D eigenvalue weighted by atomic mass is 10.0. The first-order chi connectivity index (χ1) is 9.74. The van der Waals surface area contributed by atoms with E-state index in [-0.39, 0.29) is 11.3 Å². The zero-order valence-corrected chi connectivity index (χ0v) is 11.3. The zero-order valence-electron chi connectivity index (χ0n) is 11.3. The minimum atomic E-state index is -4.78. The predicted octanol–water partition coefficient (Wildman–Crippen LogP) is 3.60. The summed E-state index contributed by atoms with van der Waals surface area (Å²) in [6, 6.07) is 3.66. The number of halogens is 4. The third-order valence-electron chi connectivity index (χ3n) is 2.97. The van der Waals surface area contributed by atoms with Gasteiger partial charge in [-0.15, -0.1) is 0 Å². The van der Waals surface area contributed by atoms with Gasteiger partial charge in [-0.25, -0.2) is 4.39 Å². The molecule has 3 nitrogen and oxygen atoms in total. The van der Waals surface area contributed by atoms with E-state index in [2.05, 4.69) is 5.10 Å². The second kappa shape index (κ2) is 5.31. The minimum Gasteiger partial charge on any atom is -0.287 e. The fourth-order valence-electron chi connectivity index (χ4n) is 2.00. The van der Waals surface area contributed by atoms with Gasteiger partial charge >= 0.3 is 6.18 Å². The molecule has 0 saturated heterocycles. The molecule has 0 bridgehead atoms. The van der Waals surface area contributed by atoms with Crippen molar-refractivity contribution in [1.82, 2.24) is 9.78 Å². The summed E-state index contributed by atoms with van der Waals surface area (Å²) in [5, 5.41) is 4.08. The maximum absolute atomic E-state index is 13.5. The first-order valence-electron chi connectivity index (χ1n) is 6.20. The second-order valence-electron chi connectivity index (χ2n) is 4.51. The number of nitrogens with zero attached hydrogens (tertiary/aromatic N) is 2. The smallest absolute Gasteiger partial charge is 0.287 e. The molecule has 1 heterocycles. The van der Waals surface area contributed by atoms with Gasteiger partial charge in [0.15, 0.2) is 0 Å². The molecule has 1 aromatic heterocycles. The molecule has 7 heteroatoms. The highest BCUT2D eigenvalue weighted by Crippen LogP contribution is 2.31. The largest absolute Gasteiger partial charge is 0.419 e. The van der Waals surface area contributed by atoms with Crippen LogP contribution in [0.2, 0.25) is 0 Å². The second-order valence-corrected chi connectivity index (χ2v) is 4.51. The van der Waals surface area contributed by atoms with Crippen molar-refractivity contribution in [2.24, 2.45) is 0 Å². The lowest BCUT2D eigenvalue weighted by Crippen LogP contribution is -2.13. The molecule has 0 unspecified atom stereocenters. The standard InChI is InChI=1S/C14H12F4N2O/c1-3-20-12(6-8(2)19-20)13(21)9-4-5-10(11(15)7-9)14(16,17)18/h4-7H,3H2,1-2H3. The molecule has 0 aliphatic rings. The number of aromatic nitrogens is 2. The molecule has 21 heavy (non-hydrogen) atoms. The summed E-state index contributed by atoms with van der Waals surface area (Å²) in [7, 11) is 0. The van der Waals surface area contributed by atoms with Gasteiger partial charge in [0.1, 0.15) is 11.5 Å². The van der Waals surface area contributed by atoms with Crippen molar-refractivity contribution in [1.29, 1.82) is 0 Å². The Kier molecular flexibility index (Phi) is 3.85. The quantitative estimate of drug-likeness (QED) is 0.641. The number of hydrogen-bond donors (Lipinski definition) is 0. The molecule has 0 radical (unpaired) electrons. The Labute approximate surface area is 118 Å². The van der Waals surface area contributed by atoms with Crippen LogP contribution in [0.15, 0.2) is 24.3 Å². The van der Waals surface area contributed by atoms with Crippen LogP contribution in [0.4, 0.5) is 17.6 Å². The first-order valence-corrected chi connectivity index (χ1v) is 6.20. The highest BCUT2D eigenvalue weighted by molar-refractivity contribution is 6.08. The monoisotopic (exact) mass is 300 g/mol. The van der Waals surface area contributed by atoms with Crippen molar-refractivity contribution < 1.29 is 22.4 Å². The molecule has 0 aliphatic carbocycles. The highest BCUT2D eigenvalue weighted by atomic mass is 19.4. The van der Waals surface area contributed by atoms with Gasteiger partial charge in [0.25, 0.3) is 0 Å². The number of carbonyl (C=O) groups excluding carboxylic acids is 1. The van der Waals surface area contributed by atoms with Gasteiger partial charge in [-0.1, -0.05) is 6.07 Å². The molecule has 0 atom stereocenters. The fourth-order valence-corrected chi connectivity index (χ4v) is 2.00. The van der Waals surface area contributed by atoms with E-state index < -0.39 is 23.3 Å². The maximum Gasteiger partial charge on any atom is 0.419 e. The number of carbonyl (C=O) groups is 1. The molecule has 112 valence electrons. The summed E-state index contributed by atoms with van der Waals surface area (Å²) in [6.45, 7) is 3.89. The molecule has 1 aromatic carbocycles. The van der Waals surface area contributed by atoms with E-state index >= 15 is 0 Å². The molecule has 0 spiro atoms. The Hall–Kier alpha value is -2.18. The molecule has 0 aliphatic heterocycles. The van der Waals surface area contributed by atoms with Crippen molar-refractivity contribution in [3.8, 4) is 0 Å². The van der Waals surface area contributed by atoms with Crippen LogP contribution in [0.5, 0.6) is 0 Å². The molecular formula is C14H12F4N2O. The van der Waals surface area contributed by atoms with Crippen LogP contribution in [0.1, 0.15) is 34.2 Å². The number of alkyl halides is 3. The summed E-state index contributed by atoms with van der Waals surface area (Å²) in [5.41, 5.74) is -0.712. The number of hydrogen-bond acceptors (Lipinski definition) is 2. The van der Waals surface area contributed by atoms with Crippen molar-refractivity contribution in [3.05, 3.63) is 52.6 Å². The Morgan fingerprint density at radius 2 is 1.95 bits per heavy atom. The van der Waals surface area contributed by atoms with Gasteiger partial charge in [-0.2, -0.15) is 18.3 Å². The van der Waals surface area contributed by atoms with Crippen LogP contribution in [-0.2, 0) is 12.7 Å². The van der Waals surface area contributed by atoms with Crippen LogP contribution in [0, 0.1) is 12.7 Å². The average molecular weight is 300 g/mol. The summed E-state index contributed by atoms with van der Waals surface area (Å²) in [6.07, 6.45) is -4.78. The van der Waals surface area contributed by atoms with Crippen LogP contribution >= 0.6 is 0 Å². The van der Waals surface area contributed by atoms with E-state index in [0.29, 0.717) is 24.4 Å². The Balaban J connectivity index is 2.43. The van der Waals surface area contributed by atoms with Gasteiger partial charge in [-0.3, -0.25) is 9.48 Å². The van der Waals surface area contributed by atoms with E-state index in [9.17, 15) is 22.4 Å². The summed E-state index contributed by atoms with van der Waals surface area (Å²) in [5.74, 6) is -2.03. The Morgan fingerprint density at radius 3 is 2.48 bits per heavy atom. The molecular weight excluding hydrogens is 288 g/mol. The van der Waals surface area contributed by atoms with Gasteiger partial charge in [0.05, 0.1) is 11.3 Å². The van der Waals surface area contributed by atoms with Crippen molar-refractivity contribution in [3.63, 3.8) is 0 Å². The lowest BCUT2D eigenvalue weighted by Gasteiger charge is -2.09. The topological polar surface area (TPSA) is 34.9 Å². The van der Waals surface area contributed by atoms with E-state index in [1.54, 1.807) is 13.8 Å².